The van der Waals surface area contributed by atoms with Crippen LogP contribution in [0.3, 0.4) is 0 Å². The summed E-state index contributed by atoms with van der Waals surface area (Å²) in [5, 5.41) is 0. The smallest absolute Gasteiger partial charge is 0.259 e. The van der Waals surface area contributed by atoms with Crippen molar-refractivity contribution in [3.63, 3.8) is 0 Å². The van der Waals surface area contributed by atoms with E-state index in [-0.39, 0.29) is 11.2 Å². The van der Waals surface area contributed by atoms with Crippen molar-refractivity contribution >= 4 is 11.5 Å². The van der Waals surface area contributed by atoms with E-state index < -0.39 is 0 Å². The molecule has 4 rings (SSSR count). The lowest BCUT2D eigenvalue weighted by Crippen LogP contribution is -2.44. The summed E-state index contributed by atoms with van der Waals surface area (Å²) in [5.74, 6) is 0.777. The fraction of sp³-hybridized carbons (Fsp3) is 0.467. The number of rotatable bonds is 1. The molecule has 0 aromatic carbocycles. The molecular weight excluding hydrogens is 254 g/mol. The first-order valence-corrected chi connectivity index (χ1v) is 7.05. The highest BCUT2D eigenvalue weighted by atomic mass is 16.5. The van der Waals surface area contributed by atoms with Gasteiger partial charge in [0.25, 0.3) is 5.56 Å². The van der Waals surface area contributed by atoms with Crippen LogP contribution in [-0.2, 0) is 4.74 Å². The first-order valence-electron chi connectivity index (χ1n) is 7.05. The van der Waals surface area contributed by atoms with Crippen LogP contribution in [0, 0.1) is 6.92 Å². The van der Waals surface area contributed by atoms with Crippen LogP contribution in [0.15, 0.2) is 29.2 Å². The molecule has 0 unspecified atom stereocenters. The van der Waals surface area contributed by atoms with Crippen LogP contribution >= 0.6 is 0 Å². The average molecular weight is 271 g/mol. The Morgan fingerprint density at radius 2 is 2.25 bits per heavy atom. The summed E-state index contributed by atoms with van der Waals surface area (Å²) in [4.78, 5) is 19.1. The molecule has 2 aliphatic rings. The lowest BCUT2D eigenvalue weighted by molar-refractivity contribution is 0.0204. The molecule has 0 bridgehead atoms. The normalized spacial score (nSPS) is 20.6. The Balaban J connectivity index is 1.80. The van der Waals surface area contributed by atoms with E-state index in [4.69, 9.17) is 4.74 Å². The highest BCUT2D eigenvalue weighted by Crippen LogP contribution is 2.42. The highest BCUT2D eigenvalue weighted by molar-refractivity contribution is 5.53. The van der Waals surface area contributed by atoms with Crippen LogP contribution in [0.25, 0.3) is 5.65 Å². The first-order chi connectivity index (χ1) is 9.67. The van der Waals surface area contributed by atoms with Gasteiger partial charge < -0.3 is 9.64 Å². The molecule has 0 atom stereocenters. The minimum absolute atomic E-state index is 0.0231. The molecule has 5 nitrogen and oxygen atoms in total. The molecule has 1 aliphatic carbocycles. The number of hydrogen-bond acceptors (Lipinski definition) is 4. The van der Waals surface area contributed by atoms with E-state index in [1.807, 2.05) is 19.1 Å². The summed E-state index contributed by atoms with van der Waals surface area (Å²) in [5.41, 5.74) is 1.77. The van der Waals surface area contributed by atoms with Gasteiger partial charge in [-0.05, 0) is 31.4 Å². The van der Waals surface area contributed by atoms with Crippen molar-refractivity contribution in [2.45, 2.75) is 25.4 Å². The summed E-state index contributed by atoms with van der Waals surface area (Å²) in [6, 6.07) is 5.49. The maximum atomic E-state index is 12.2. The van der Waals surface area contributed by atoms with Crippen LogP contribution in [0.4, 0.5) is 5.82 Å². The fourth-order valence-electron chi connectivity index (χ4n) is 2.89. The molecule has 0 N–H and O–H groups in total. The number of fused-ring (bicyclic) bond motifs is 1. The topological polar surface area (TPSA) is 46.8 Å². The van der Waals surface area contributed by atoms with Gasteiger partial charge in [-0.3, -0.25) is 9.20 Å². The summed E-state index contributed by atoms with van der Waals surface area (Å²) >= 11 is 0. The summed E-state index contributed by atoms with van der Waals surface area (Å²) in [7, 11) is 0. The molecule has 2 fully saturated rings. The number of ether oxygens (including phenoxy) is 1. The zero-order valence-corrected chi connectivity index (χ0v) is 11.5. The SMILES string of the molecule is Cc1cccn2c(=O)cc(N3CCOC4(CC4)C3)nc12. The van der Waals surface area contributed by atoms with Gasteiger partial charge in [0.05, 0.1) is 12.2 Å². The van der Waals surface area contributed by atoms with Gasteiger partial charge in [-0.2, -0.15) is 0 Å². The zero-order chi connectivity index (χ0) is 13.7. The van der Waals surface area contributed by atoms with Gasteiger partial charge in [-0.15, -0.1) is 0 Å². The van der Waals surface area contributed by atoms with Gasteiger partial charge in [0.1, 0.15) is 11.5 Å². The quantitative estimate of drug-likeness (QED) is 0.786. The predicted molar refractivity (Wildman–Crippen MR) is 76.3 cm³/mol. The highest BCUT2D eigenvalue weighted by Gasteiger charge is 2.47. The van der Waals surface area contributed by atoms with E-state index in [2.05, 4.69) is 9.88 Å². The third kappa shape index (κ3) is 1.81. The molecule has 1 saturated heterocycles. The second kappa shape index (κ2) is 4.06. The number of nitrogens with zero attached hydrogens (tertiary/aromatic N) is 3. The zero-order valence-electron chi connectivity index (χ0n) is 11.5. The van der Waals surface area contributed by atoms with E-state index in [0.717, 1.165) is 49.6 Å². The van der Waals surface area contributed by atoms with Crippen molar-refractivity contribution < 1.29 is 4.74 Å². The summed E-state index contributed by atoms with van der Waals surface area (Å²) in [6.07, 6.45) is 4.01. The molecule has 2 aromatic heterocycles. The standard InChI is InChI=1S/C15H17N3O2/c1-11-3-2-6-18-13(19)9-12(16-14(11)18)17-7-8-20-15(10-17)4-5-15/h2-3,6,9H,4-5,7-8,10H2,1H3. The first kappa shape index (κ1) is 11.9. The molecule has 3 heterocycles. The minimum Gasteiger partial charge on any atom is -0.371 e. The Bertz CT molecular complexity index is 733. The van der Waals surface area contributed by atoms with Crippen LogP contribution < -0.4 is 10.5 Å². The lowest BCUT2D eigenvalue weighted by atomic mass is 10.2. The second-order valence-electron chi connectivity index (χ2n) is 5.79. The van der Waals surface area contributed by atoms with Crippen molar-refractivity contribution in [1.82, 2.24) is 9.38 Å². The summed E-state index contributed by atoms with van der Waals surface area (Å²) < 4.78 is 7.42. The lowest BCUT2D eigenvalue weighted by Gasteiger charge is -2.34. The van der Waals surface area contributed by atoms with E-state index in [0.29, 0.717) is 0 Å². The van der Waals surface area contributed by atoms with Gasteiger partial charge in [0.15, 0.2) is 0 Å². The van der Waals surface area contributed by atoms with Crippen molar-refractivity contribution in [3.05, 3.63) is 40.3 Å². The molecular formula is C15H17N3O2. The van der Waals surface area contributed by atoms with Crippen molar-refractivity contribution in [3.8, 4) is 0 Å². The molecule has 1 spiro atoms. The largest absolute Gasteiger partial charge is 0.371 e. The van der Waals surface area contributed by atoms with E-state index >= 15 is 0 Å². The molecule has 20 heavy (non-hydrogen) atoms. The number of aromatic nitrogens is 2. The van der Waals surface area contributed by atoms with Gasteiger partial charge >= 0.3 is 0 Å². The van der Waals surface area contributed by atoms with Crippen LogP contribution in [0.5, 0.6) is 0 Å². The summed E-state index contributed by atoms with van der Waals surface area (Å²) in [6.45, 7) is 4.35. The van der Waals surface area contributed by atoms with Crippen LogP contribution in [0.1, 0.15) is 18.4 Å². The van der Waals surface area contributed by atoms with Crippen molar-refractivity contribution in [2.75, 3.05) is 24.6 Å². The van der Waals surface area contributed by atoms with Gasteiger partial charge in [0.2, 0.25) is 0 Å². The molecule has 2 aromatic rings. The molecule has 0 amide bonds. The average Bonchev–Trinajstić information content (AvgIpc) is 3.19. The maximum absolute atomic E-state index is 12.2. The Morgan fingerprint density at radius 3 is 3.05 bits per heavy atom. The van der Waals surface area contributed by atoms with Gasteiger partial charge in [0, 0.05) is 25.4 Å². The van der Waals surface area contributed by atoms with Gasteiger partial charge in [-0.1, -0.05) is 6.07 Å². The number of pyridine rings is 1. The predicted octanol–water partition coefficient (Wildman–Crippen LogP) is 1.37. The molecule has 1 saturated carbocycles. The molecule has 0 radical (unpaired) electrons. The Morgan fingerprint density at radius 1 is 1.40 bits per heavy atom. The van der Waals surface area contributed by atoms with Crippen molar-refractivity contribution in [1.29, 1.82) is 0 Å². The van der Waals surface area contributed by atoms with E-state index in [1.54, 1.807) is 16.7 Å². The Labute approximate surface area is 116 Å². The minimum atomic E-state index is -0.0231. The number of morpholine rings is 1. The number of hydrogen-bond donors (Lipinski definition) is 0. The molecule has 5 heteroatoms. The van der Waals surface area contributed by atoms with Crippen molar-refractivity contribution in [2.24, 2.45) is 0 Å². The van der Waals surface area contributed by atoms with E-state index in [9.17, 15) is 4.79 Å². The number of anilines is 1. The monoisotopic (exact) mass is 271 g/mol. The van der Waals surface area contributed by atoms with Gasteiger partial charge in [-0.25, -0.2) is 4.98 Å². The third-order valence-electron chi connectivity index (χ3n) is 4.25. The Hall–Kier alpha value is -1.88. The molecule has 1 aliphatic heterocycles. The fourth-order valence-corrected chi connectivity index (χ4v) is 2.89. The Kier molecular flexibility index (Phi) is 2.41. The molecule has 104 valence electrons. The number of aryl methyl sites for hydroxylation is 1. The second-order valence-corrected chi connectivity index (χ2v) is 5.79. The van der Waals surface area contributed by atoms with Crippen LogP contribution in [-0.4, -0.2) is 34.7 Å². The van der Waals surface area contributed by atoms with Crippen LogP contribution in [0.2, 0.25) is 0 Å². The maximum Gasteiger partial charge on any atom is 0.259 e. The van der Waals surface area contributed by atoms with E-state index in [1.165, 1.54) is 0 Å². The third-order valence-corrected chi connectivity index (χ3v) is 4.25.